The van der Waals surface area contributed by atoms with Crippen LogP contribution in [0.3, 0.4) is 0 Å². The van der Waals surface area contributed by atoms with Gasteiger partial charge in [-0.3, -0.25) is 19.4 Å². The molecule has 2 aliphatic heterocycles. The number of amides is 2. The monoisotopic (exact) mass is 582 g/mol. The molecule has 0 radical (unpaired) electrons. The Morgan fingerprint density at radius 1 is 0.905 bits per heavy atom. The number of nitrogens with one attached hydrogen (secondary N) is 2. The zero-order chi connectivity index (χ0) is 30.6. The number of carbonyl (C=O) groups is 2. The van der Waals surface area contributed by atoms with Crippen molar-refractivity contribution in [2.45, 2.75) is 85.8 Å². The zero-order valence-electron chi connectivity index (χ0n) is 26.2. The van der Waals surface area contributed by atoms with Crippen LogP contribution in [-0.2, 0) is 22.4 Å². The molecule has 0 aromatic heterocycles. The van der Waals surface area contributed by atoms with E-state index in [1.165, 1.54) is 6.92 Å². The van der Waals surface area contributed by atoms with Crippen LogP contribution in [0.15, 0.2) is 36.4 Å². The largest absolute Gasteiger partial charge is 0.454 e. The highest BCUT2D eigenvalue weighted by Crippen LogP contribution is 2.37. The predicted octanol–water partition coefficient (Wildman–Crippen LogP) is 3.91. The van der Waals surface area contributed by atoms with Gasteiger partial charge in [-0.05, 0) is 76.1 Å². The second kappa shape index (κ2) is 13.2. The van der Waals surface area contributed by atoms with E-state index in [9.17, 15) is 9.59 Å². The lowest BCUT2D eigenvalue weighted by molar-refractivity contribution is -0.129. The van der Waals surface area contributed by atoms with Crippen LogP contribution in [0.2, 0.25) is 0 Å². The van der Waals surface area contributed by atoms with Crippen LogP contribution in [0.4, 0.5) is 0 Å². The van der Waals surface area contributed by atoms with Gasteiger partial charge in [-0.1, -0.05) is 32.9 Å². The van der Waals surface area contributed by atoms with E-state index in [4.69, 9.17) is 18.9 Å². The van der Waals surface area contributed by atoms with E-state index in [1.807, 2.05) is 65.1 Å². The third-order valence-electron chi connectivity index (χ3n) is 7.87. The Labute approximate surface area is 249 Å². The molecule has 4 unspecified atom stereocenters. The SMILES string of the molecule is CC(=O)NC(C)N(C)C(C)Cc1ccc2c(c1)OC(CN(CNC(=O)C(C)(C)C)C(C)Cc1ccc3c(c1)OCO3)O2. The smallest absolute Gasteiger partial charge is 0.254 e. The summed E-state index contributed by atoms with van der Waals surface area (Å²) in [5.74, 6) is 2.87. The van der Waals surface area contributed by atoms with Crippen molar-refractivity contribution in [3.63, 3.8) is 0 Å². The molecule has 0 saturated heterocycles. The molecule has 2 aliphatic rings. The third-order valence-corrected chi connectivity index (χ3v) is 7.87. The van der Waals surface area contributed by atoms with Crippen molar-refractivity contribution in [3.8, 4) is 23.0 Å². The average Bonchev–Trinajstić information content (AvgIpc) is 3.55. The first-order valence-corrected chi connectivity index (χ1v) is 14.7. The van der Waals surface area contributed by atoms with E-state index in [1.54, 1.807) is 0 Å². The Kier molecular flexibility index (Phi) is 9.89. The normalized spacial score (nSPS) is 17.7. The maximum atomic E-state index is 12.7. The third kappa shape index (κ3) is 8.07. The summed E-state index contributed by atoms with van der Waals surface area (Å²) in [6, 6.07) is 12.3. The number of fused-ring (bicyclic) bond motifs is 2. The van der Waals surface area contributed by atoms with E-state index in [0.29, 0.717) is 24.7 Å². The number of ether oxygens (including phenoxy) is 4. The standard InChI is InChI=1S/C32H46N4O6/c1-20(35(8)22(3)34-23(4)37)13-24-10-12-27-29(16-24)42-30(41-27)17-36(18-33-31(38)32(5,6)7)21(2)14-25-9-11-26-28(15-25)40-19-39-26/h9-12,15-16,20-22,30H,13-14,17-19H2,1-8H3,(H,33,38)(H,34,37). The first-order chi connectivity index (χ1) is 19.8. The highest BCUT2D eigenvalue weighted by atomic mass is 16.7. The van der Waals surface area contributed by atoms with Crippen molar-refractivity contribution in [1.82, 2.24) is 20.4 Å². The van der Waals surface area contributed by atoms with Gasteiger partial charge < -0.3 is 29.6 Å². The second-order valence-electron chi connectivity index (χ2n) is 12.5. The molecule has 2 aromatic rings. The van der Waals surface area contributed by atoms with Crippen LogP contribution >= 0.6 is 0 Å². The minimum atomic E-state index is -0.513. The number of benzene rings is 2. The first-order valence-electron chi connectivity index (χ1n) is 14.7. The van der Waals surface area contributed by atoms with Crippen molar-refractivity contribution >= 4 is 11.8 Å². The molecule has 10 nitrogen and oxygen atoms in total. The molecule has 2 heterocycles. The lowest BCUT2D eigenvalue weighted by Gasteiger charge is -2.32. The van der Waals surface area contributed by atoms with Gasteiger partial charge in [0.1, 0.15) is 0 Å². The topological polar surface area (TPSA) is 102 Å². The summed E-state index contributed by atoms with van der Waals surface area (Å²) >= 11 is 0. The minimum Gasteiger partial charge on any atom is -0.454 e. The van der Waals surface area contributed by atoms with Crippen LogP contribution in [0, 0.1) is 5.41 Å². The van der Waals surface area contributed by atoms with Gasteiger partial charge >= 0.3 is 0 Å². The van der Waals surface area contributed by atoms with Crippen molar-refractivity contribution in [1.29, 1.82) is 0 Å². The van der Waals surface area contributed by atoms with Crippen LogP contribution in [0.5, 0.6) is 23.0 Å². The van der Waals surface area contributed by atoms with Gasteiger partial charge in [-0.15, -0.1) is 0 Å². The molecule has 230 valence electrons. The molecule has 4 atom stereocenters. The molecule has 2 amide bonds. The molecule has 42 heavy (non-hydrogen) atoms. The average molecular weight is 583 g/mol. The van der Waals surface area contributed by atoms with E-state index in [2.05, 4.69) is 40.3 Å². The van der Waals surface area contributed by atoms with Crippen molar-refractivity contribution < 1.29 is 28.5 Å². The van der Waals surface area contributed by atoms with E-state index < -0.39 is 11.7 Å². The quantitative estimate of drug-likeness (QED) is 0.364. The maximum absolute atomic E-state index is 12.7. The fraction of sp³-hybridized carbons (Fsp3) is 0.562. The number of rotatable bonds is 12. The van der Waals surface area contributed by atoms with Crippen LogP contribution in [0.25, 0.3) is 0 Å². The summed E-state index contributed by atoms with van der Waals surface area (Å²) in [6.45, 7) is 14.6. The summed E-state index contributed by atoms with van der Waals surface area (Å²) < 4.78 is 23.5. The van der Waals surface area contributed by atoms with Crippen molar-refractivity contribution in [3.05, 3.63) is 47.5 Å². The molecule has 0 spiro atoms. The van der Waals surface area contributed by atoms with Gasteiger partial charge in [-0.2, -0.15) is 0 Å². The summed E-state index contributed by atoms with van der Waals surface area (Å²) in [4.78, 5) is 28.5. The maximum Gasteiger partial charge on any atom is 0.254 e. The second-order valence-corrected chi connectivity index (χ2v) is 12.5. The van der Waals surface area contributed by atoms with Gasteiger partial charge in [-0.25, -0.2) is 0 Å². The number of hydrogen-bond acceptors (Lipinski definition) is 8. The fourth-order valence-corrected chi connectivity index (χ4v) is 5.08. The first kappa shape index (κ1) is 31.4. The molecule has 0 aliphatic carbocycles. The molecule has 2 aromatic carbocycles. The van der Waals surface area contributed by atoms with E-state index in [-0.39, 0.29) is 36.9 Å². The molecular weight excluding hydrogens is 536 g/mol. The Hall–Kier alpha value is -3.50. The molecule has 2 N–H and O–H groups in total. The van der Waals surface area contributed by atoms with Crippen molar-refractivity contribution in [2.24, 2.45) is 5.41 Å². The van der Waals surface area contributed by atoms with Gasteiger partial charge in [0, 0.05) is 24.4 Å². The number of likely N-dealkylation sites (N-methyl/N-ethyl adjacent to an activating group) is 1. The number of nitrogens with zero attached hydrogens (tertiary/aromatic N) is 2. The highest BCUT2D eigenvalue weighted by molar-refractivity contribution is 5.81. The molecule has 0 saturated carbocycles. The Bertz CT molecular complexity index is 1260. The Morgan fingerprint density at radius 2 is 1.50 bits per heavy atom. The van der Waals surface area contributed by atoms with Gasteiger partial charge in [0.05, 0.1) is 19.4 Å². The molecule has 0 bridgehead atoms. The van der Waals surface area contributed by atoms with Gasteiger partial charge in [0.15, 0.2) is 23.0 Å². The molecule has 4 rings (SSSR count). The Balaban J connectivity index is 1.40. The molecule has 0 fully saturated rings. The van der Waals surface area contributed by atoms with Crippen LogP contribution in [0.1, 0.15) is 59.6 Å². The minimum absolute atomic E-state index is 0.0177. The van der Waals surface area contributed by atoms with E-state index >= 15 is 0 Å². The lowest BCUT2D eigenvalue weighted by Crippen LogP contribution is -2.50. The van der Waals surface area contributed by atoms with Crippen LogP contribution in [-0.4, -0.2) is 73.2 Å². The molecular formula is C32H46N4O6. The summed E-state index contributed by atoms with van der Waals surface area (Å²) in [7, 11) is 2.01. The van der Waals surface area contributed by atoms with Gasteiger partial charge in [0.2, 0.25) is 18.6 Å². The van der Waals surface area contributed by atoms with E-state index in [0.717, 1.165) is 35.5 Å². The highest BCUT2D eigenvalue weighted by Gasteiger charge is 2.30. The van der Waals surface area contributed by atoms with Gasteiger partial charge in [0.25, 0.3) is 6.29 Å². The summed E-state index contributed by atoms with van der Waals surface area (Å²) in [5, 5.41) is 6.02. The number of hydrogen-bond donors (Lipinski definition) is 2. The summed E-state index contributed by atoms with van der Waals surface area (Å²) in [5.41, 5.74) is 1.74. The lowest BCUT2D eigenvalue weighted by atomic mass is 9.96. The predicted molar refractivity (Wildman–Crippen MR) is 161 cm³/mol. The molecule has 10 heteroatoms. The van der Waals surface area contributed by atoms with Crippen molar-refractivity contribution in [2.75, 3.05) is 27.1 Å². The zero-order valence-corrected chi connectivity index (χ0v) is 26.2. The Morgan fingerprint density at radius 3 is 2.17 bits per heavy atom. The summed E-state index contributed by atoms with van der Waals surface area (Å²) in [6.07, 6.45) is 0.953. The fourth-order valence-electron chi connectivity index (χ4n) is 5.08. The van der Waals surface area contributed by atoms with Crippen LogP contribution < -0.4 is 29.6 Å². The number of carbonyl (C=O) groups excluding carboxylic acids is 2.